The molecule has 0 aliphatic rings. The van der Waals surface area contributed by atoms with Crippen molar-refractivity contribution in [2.75, 3.05) is 12.3 Å². The van der Waals surface area contributed by atoms with Gasteiger partial charge >= 0.3 is 44.8 Å². The van der Waals surface area contributed by atoms with E-state index in [4.69, 9.17) is 12.8 Å². The van der Waals surface area contributed by atoms with Gasteiger partial charge in [0.25, 0.3) is 0 Å². The molecule has 322 valence electrons. The first kappa shape index (κ1) is 46.7. The summed E-state index contributed by atoms with van der Waals surface area (Å²) < 4.78 is 0. The van der Waals surface area contributed by atoms with Crippen molar-refractivity contribution in [3.63, 3.8) is 0 Å². The van der Waals surface area contributed by atoms with E-state index in [9.17, 15) is 0 Å². The predicted molar refractivity (Wildman–Crippen MR) is 283 cm³/mol. The molecule has 4 heteroatoms. The van der Waals surface area contributed by atoms with Gasteiger partial charge in [0.2, 0.25) is 0 Å². The van der Waals surface area contributed by atoms with Crippen LogP contribution in [-0.4, -0.2) is 12.3 Å². The van der Waals surface area contributed by atoms with Crippen LogP contribution in [0.1, 0.15) is 11.1 Å². The minimum absolute atomic E-state index is 0. The molecular weight excluding hydrogens is 1200 g/mol. The molecule has 0 fully saturated rings. The molecule has 0 aliphatic carbocycles. The third-order valence-corrected chi connectivity index (χ3v) is 18.5. The molecule has 0 spiro atoms. The van der Waals surface area contributed by atoms with Crippen LogP contribution >= 0.6 is 15.8 Å². The molecule has 12 rings (SSSR count). The normalized spacial score (nSPS) is 10.8. The second kappa shape index (κ2) is 21.7. The maximum atomic E-state index is 7.30. The molecule has 0 atom stereocenters. The zero-order valence-corrected chi connectivity index (χ0v) is 42.3. The monoisotopic (exact) mass is 1240 g/mol. The van der Waals surface area contributed by atoms with Gasteiger partial charge in [-0.3, -0.25) is 11.8 Å². The minimum Gasteiger partial charge on any atom is -0.366 e. The third-order valence-electron chi connectivity index (χ3n) is 12.3. The Labute approximate surface area is 421 Å². The van der Waals surface area contributed by atoms with Crippen LogP contribution in [0.25, 0.3) is 64.6 Å². The first-order valence-electron chi connectivity index (χ1n) is 21.8. The minimum atomic E-state index is -0.783. The standard InChI is InChI=1S/C26H24P2.2C18H9.2Au/c1-5-13-23(14-6-1)27(24-15-7-2-8-16-24)21-22-28(25-17-9-3-10-18-25)26-19-11-4-12-20-26;2*1-2-12-10-15-8-6-13-4-3-5-14-7-9-16(11-12)18(15)17(13)14;;/h1-20H,21-22H2;2*3-11H;;/q;2*-1;2*+1/p+2. The first-order chi connectivity index (χ1) is 31.6. The quantitative estimate of drug-likeness (QED) is 0.0490. The first-order valence-corrected chi connectivity index (χ1v) is 25.2. The molecule has 0 nitrogen and oxygen atoms in total. The van der Waals surface area contributed by atoms with Gasteiger partial charge in [0.1, 0.15) is 12.3 Å². The Morgan fingerprint density at radius 2 is 0.500 bits per heavy atom. The molecular formula is C62H44Au2P2+2. The van der Waals surface area contributed by atoms with Crippen molar-refractivity contribution < 1.29 is 44.8 Å². The molecule has 0 bridgehead atoms. The van der Waals surface area contributed by atoms with Crippen LogP contribution in [0.4, 0.5) is 0 Å². The zero-order valence-electron chi connectivity index (χ0n) is 36.0. The number of rotatable bonds is 7. The van der Waals surface area contributed by atoms with Crippen molar-refractivity contribution in [1.29, 1.82) is 0 Å². The van der Waals surface area contributed by atoms with E-state index >= 15 is 0 Å². The number of hydrogen-bond acceptors (Lipinski definition) is 0. The van der Waals surface area contributed by atoms with Crippen LogP contribution in [0.5, 0.6) is 0 Å². The Kier molecular flexibility index (Phi) is 15.3. The zero-order chi connectivity index (χ0) is 43.2. The van der Waals surface area contributed by atoms with Crippen molar-refractivity contribution in [3.8, 4) is 11.8 Å². The molecule has 12 aromatic rings. The van der Waals surface area contributed by atoms with Crippen LogP contribution in [0, 0.1) is 24.7 Å². The van der Waals surface area contributed by atoms with Crippen molar-refractivity contribution in [3.05, 3.63) is 254 Å². The Bertz CT molecular complexity index is 3130. The summed E-state index contributed by atoms with van der Waals surface area (Å²) in [7, 11) is -1.57. The maximum Gasteiger partial charge on any atom is 1.00 e. The molecule has 0 heterocycles. The fourth-order valence-corrected chi connectivity index (χ4v) is 15.6. The summed E-state index contributed by atoms with van der Waals surface area (Å²) in [6.45, 7) is 0. The molecule has 0 radical (unpaired) electrons. The Morgan fingerprint density at radius 3 is 0.742 bits per heavy atom. The van der Waals surface area contributed by atoms with Gasteiger partial charge in [0.05, 0.1) is 37.1 Å². The smallest absolute Gasteiger partial charge is 0.366 e. The summed E-state index contributed by atoms with van der Waals surface area (Å²) in [5.41, 5.74) is 1.67. The van der Waals surface area contributed by atoms with E-state index in [1.807, 2.05) is 24.3 Å². The van der Waals surface area contributed by atoms with E-state index in [0.29, 0.717) is 0 Å². The molecule has 0 N–H and O–H groups in total. The Hall–Kier alpha value is -5.82. The van der Waals surface area contributed by atoms with E-state index in [2.05, 4.69) is 218 Å². The van der Waals surface area contributed by atoms with Gasteiger partial charge in [-0.1, -0.05) is 158 Å². The summed E-state index contributed by atoms with van der Waals surface area (Å²) in [5, 5.41) is 21.1. The molecule has 12 aromatic carbocycles. The van der Waals surface area contributed by atoms with E-state index in [0.717, 1.165) is 11.1 Å². The van der Waals surface area contributed by atoms with Crippen LogP contribution in [0.2, 0.25) is 0 Å². The largest absolute Gasteiger partial charge is 1.00 e. The molecule has 0 amide bonds. The van der Waals surface area contributed by atoms with Crippen molar-refractivity contribution in [2.45, 2.75) is 0 Å². The number of hydrogen-bond donors (Lipinski definition) is 0. The fourth-order valence-electron chi connectivity index (χ4n) is 9.37. The van der Waals surface area contributed by atoms with Crippen molar-refractivity contribution >= 4 is 102 Å². The second-order valence-corrected chi connectivity index (χ2v) is 21.4. The van der Waals surface area contributed by atoms with E-state index in [-0.39, 0.29) is 44.8 Å². The van der Waals surface area contributed by atoms with E-state index in [1.165, 1.54) is 98.2 Å². The maximum absolute atomic E-state index is 7.30. The van der Waals surface area contributed by atoms with Gasteiger partial charge in [0.15, 0.2) is 0 Å². The van der Waals surface area contributed by atoms with E-state index in [1.54, 1.807) is 0 Å². The molecule has 0 aromatic heterocycles. The van der Waals surface area contributed by atoms with Crippen LogP contribution in [-0.2, 0) is 44.8 Å². The SMILES string of the molecule is [Au+].[Au+].[C-]#Cc1cc2ccc3cccc4ccc(c1)c2c34.[C-]#Cc1cc2ccc3cccc4ccc(c1)c2c34.c1ccc([PH+](CC[PH+](c2ccccc2)c2ccccc2)c2ccccc2)cc1. The fraction of sp³-hybridized carbons (Fsp3) is 0.0323. The molecule has 0 saturated carbocycles. The van der Waals surface area contributed by atoms with Gasteiger partial charge in [-0.2, -0.15) is 0 Å². The molecule has 0 unspecified atom stereocenters. The second-order valence-electron chi connectivity index (χ2n) is 16.2. The van der Waals surface area contributed by atoms with Gasteiger partial charge in [0, 0.05) is 0 Å². The van der Waals surface area contributed by atoms with Gasteiger partial charge in [-0.25, -0.2) is 0 Å². The number of benzene rings is 12. The Morgan fingerprint density at radius 1 is 0.273 bits per heavy atom. The van der Waals surface area contributed by atoms with E-state index < -0.39 is 15.8 Å². The van der Waals surface area contributed by atoms with Crippen LogP contribution < -0.4 is 21.2 Å². The molecule has 66 heavy (non-hydrogen) atoms. The van der Waals surface area contributed by atoms with Gasteiger partial charge < -0.3 is 12.8 Å². The summed E-state index contributed by atoms with van der Waals surface area (Å²) in [6.07, 6.45) is 17.1. The average molecular weight is 1240 g/mol. The third kappa shape index (κ3) is 9.82. The Balaban J connectivity index is 0.000000137. The summed E-state index contributed by atoms with van der Waals surface area (Å²) in [6, 6.07) is 82.5. The summed E-state index contributed by atoms with van der Waals surface area (Å²) >= 11 is 0. The summed E-state index contributed by atoms with van der Waals surface area (Å²) in [4.78, 5) is 0. The average Bonchev–Trinajstić information content (AvgIpc) is 3.37. The van der Waals surface area contributed by atoms with Gasteiger partial charge in [-0.15, -0.1) is 35.4 Å². The van der Waals surface area contributed by atoms with Gasteiger partial charge in [-0.05, 0) is 113 Å². The van der Waals surface area contributed by atoms with Crippen LogP contribution in [0.3, 0.4) is 0 Å². The molecule has 0 saturated heterocycles. The predicted octanol–water partition coefficient (Wildman–Crippen LogP) is 13.8. The summed E-state index contributed by atoms with van der Waals surface area (Å²) in [5.74, 6) is 4.96. The van der Waals surface area contributed by atoms with Crippen molar-refractivity contribution in [2.24, 2.45) is 0 Å². The van der Waals surface area contributed by atoms with Crippen molar-refractivity contribution in [1.82, 2.24) is 0 Å². The van der Waals surface area contributed by atoms with Crippen LogP contribution in [0.15, 0.2) is 231 Å². The topological polar surface area (TPSA) is 0 Å². The molecule has 0 aliphatic heterocycles.